The lowest BCUT2D eigenvalue weighted by Crippen LogP contribution is -2.53. The van der Waals surface area contributed by atoms with Crippen molar-refractivity contribution < 1.29 is 23.1 Å². The second kappa shape index (κ2) is 14.0. The summed E-state index contributed by atoms with van der Waals surface area (Å²) < 4.78 is 29.9. The second-order valence-electron chi connectivity index (χ2n) is 8.49. The maximum absolute atomic E-state index is 13.8. The maximum Gasteiger partial charge on any atom is 0.327 e. The van der Waals surface area contributed by atoms with Gasteiger partial charge in [-0.1, -0.05) is 78.9 Å². The molecular formula is C28H32N2O5S2. The lowest BCUT2D eigenvalue weighted by molar-refractivity contribution is -0.141. The summed E-state index contributed by atoms with van der Waals surface area (Å²) in [5.41, 5.74) is 2.54. The fourth-order valence-electron chi connectivity index (χ4n) is 4.02. The lowest BCUT2D eigenvalue weighted by atomic mass is 9.99. The zero-order valence-electron chi connectivity index (χ0n) is 20.7. The average molecular weight is 541 g/mol. The third-order valence-electron chi connectivity index (χ3n) is 5.88. The molecule has 0 aliphatic carbocycles. The van der Waals surface area contributed by atoms with Gasteiger partial charge in [-0.2, -0.15) is 24.9 Å². The van der Waals surface area contributed by atoms with Crippen LogP contribution in [0.4, 0.5) is 0 Å². The van der Waals surface area contributed by atoms with E-state index in [9.17, 15) is 23.1 Å². The van der Waals surface area contributed by atoms with Gasteiger partial charge in [-0.25, -0.2) is 9.10 Å². The van der Waals surface area contributed by atoms with E-state index < -0.39 is 28.1 Å². The molecule has 0 unspecified atom stereocenters. The summed E-state index contributed by atoms with van der Waals surface area (Å²) in [5.74, 6) is -1.85. The van der Waals surface area contributed by atoms with Crippen molar-refractivity contribution in [3.63, 3.8) is 0 Å². The molecule has 1 atom stereocenters. The van der Waals surface area contributed by atoms with Crippen LogP contribution in [0.15, 0.2) is 84.9 Å². The quantitative estimate of drug-likeness (QED) is 0.283. The van der Waals surface area contributed by atoms with Crippen LogP contribution in [0.5, 0.6) is 0 Å². The number of nitrogens with one attached hydrogen (secondary N) is 1. The molecule has 0 radical (unpaired) electrons. The number of thioether (sulfide) groups is 1. The molecule has 0 saturated heterocycles. The number of amides is 1. The number of unbranched alkanes of at least 4 members (excludes halogenated alkanes) is 1. The zero-order valence-corrected chi connectivity index (χ0v) is 22.4. The van der Waals surface area contributed by atoms with E-state index in [0.29, 0.717) is 22.0 Å². The van der Waals surface area contributed by atoms with Gasteiger partial charge in [-0.3, -0.25) is 4.79 Å². The molecule has 0 aromatic heterocycles. The Morgan fingerprint density at radius 3 is 2.19 bits per heavy atom. The molecule has 0 bridgehead atoms. The van der Waals surface area contributed by atoms with Gasteiger partial charge in [0.2, 0.25) is 0 Å². The molecule has 0 aliphatic rings. The summed E-state index contributed by atoms with van der Waals surface area (Å²) in [6, 6.07) is 24.1. The normalized spacial score (nSPS) is 12.1. The fourth-order valence-corrected chi connectivity index (χ4v) is 5.86. The van der Waals surface area contributed by atoms with Gasteiger partial charge in [0.25, 0.3) is 5.91 Å². The number of carbonyl (C=O) groups excluding carboxylic acids is 1. The van der Waals surface area contributed by atoms with Crippen molar-refractivity contribution in [1.82, 2.24) is 9.03 Å². The minimum Gasteiger partial charge on any atom is -0.480 e. The highest BCUT2D eigenvalue weighted by Gasteiger charge is 2.39. The van der Waals surface area contributed by atoms with E-state index in [1.807, 2.05) is 60.7 Å². The van der Waals surface area contributed by atoms with Crippen LogP contribution in [-0.2, 0) is 21.4 Å². The minimum atomic E-state index is -4.44. The van der Waals surface area contributed by atoms with Gasteiger partial charge in [-0.05, 0) is 60.4 Å². The van der Waals surface area contributed by atoms with Crippen LogP contribution in [-0.4, -0.2) is 54.3 Å². The van der Waals surface area contributed by atoms with Gasteiger partial charge < -0.3 is 5.11 Å². The molecule has 3 aromatic carbocycles. The average Bonchev–Trinajstić information content (AvgIpc) is 2.91. The van der Waals surface area contributed by atoms with Crippen molar-refractivity contribution in [2.24, 2.45) is 0 Å². The first-order valence-electron chi connectivity index (χ1n) is 12.1. The van der Waals surface area contributed by atoms with Crippen LogP contribution in [0.1, 0.15) is 35.2 Å². The van der Waals surface area contributed by atoms with Crippen molar-refractivity contribution in [2.45, 2.75) is 31.7 Å². The van der Waals surface area contributed by atoms with Crippen molar-refractivity contribution >= 4 is 33.8 Å². The summed E-state index contributed by atoms with van der Waals surface area (Å²) in [6.07, 6.45) is 3.87. The Hall–Kier alpha value is -3.14. The van der Waals surface area contributed by atoms with Crippen LogP contribution in [0, 0.1) is 0 Å². The minimum absolute atomic E-state index is 0.00926. The highest BCUT2D eigenvalue weighted by molar-refractivity contribution is 7.98. The molecule has 7 nitrogen and oxygen atoms in total. The molecule has 37 heavy (non-hydrogen) atoms. The SMILES string of the molecule is CSCC[C@@H](C(=O)O)N(C(=O)c1ccccc1-c1ccccc1)S(=O)(=O)NCCCCc1ccccc1. The maximum atomic E-state index is 13.8. The molecule has 1 amide bonds. The first-order valence-corrected chi connectivity index (χ1v) is 14.9. The van der Waals surface area contributed by atoms with Crippen molar-refractivity contribution in [3.05, 3.63) is 96.1 Å². The highest BCUT2D eigenvalue weighted by atomic mass is 32.2. The van der Waals surface area contributed by atoms with Crippen LogP contribution in [0.25, 0.3) is 11.1 Å². The van der Waals surface area contributed by atoms with Crippen molar-refractivity contribution in [3.8, 4) is 11.1 Å². The monoisotopic (exact) mass is 540 g/mol. The Kier molecular flexibility index (Phi) is 10.7. The standard InChI is InChI=1S/C28H32N2O5S2/c1-36-21-19-26(28(32)33)30(37(34,35)29-20-11-10-14-22-12-4-2-5-13-22)27(31)25-18-9-8-17-24(25)23-15-6-3-7-16-23/h2-9,12-13,15-18,26,29H,10-11,14,19-21H2,1H3,(H,32,33)/t26-/m0/s1. The first-order chi connectivity index (χ1) is 17.8. The van der Waals surface area contributed by atoms with Gasteiger partial charge in [0.05, 0.1) is 0 Å². The van der Waals surface area contributed by atoms with Crippen molar-refractivity contribution in [1.29, 1.82) is 0 Å². The predicted molar refractivity (Wildman–Crippen MR) is 149 cm³/mol. The van der Waals surface area contributed by atoms with Crippen LogP contribution in [0.2, 0.25) is 0 Å². The van der Waals surface area contributed by atoms with E-state index in [1.165, 1.54) is 17.8 Å². The number of hydrogen-bond donors (Lipinski definition) is 2. The number of carboxylic acid groups (broad SMARTS) is 1. The van der Waals surface area contributed by atoms with E-state index in [1.54, 1.807) is 24.5 Å². The Labute approximate surface area is 223 Å². The number of hydrogen-bond acceptors (Lipinski definition) is 5. The molecule has 0 aliphatic heterocycles. The third kappa shape index (κ3) is 7.92. The molecule has 3 rings (SSSR count). The molecule has 0 saturated carbocycles. The molecular weight excluding hydrogens is 508 g/mol. The van der Waals surface area contributed by atoms with Crippen LogP contribution >= 0.6 is 11.8 Å². The van der Waals surface area contributed by atoms with Gasteiger partial charge in [0.1, 0.15) is 6.04 Å². The smallest absolute Gasteiger partial charge is 0.327 e. The Morgan fingerprint density at radius 2 is 1.54 bits per heavy atom. The van der Waals surface area contributed by atoms with Gasteiger partial charge in [0, 0.05) is 12.1 Å². The number of nitrogens with zero attached hydrogens (tertiary/aromatic N) is 1. The molecule has 0 heterocycles. The van der Waals surface area contributed by atoms with E-state index in [4.69, 9.17) is 0 Å². The lowest BCUT2D eigenvalue weighted by Gasteiger charge is -2.29. The molecule has 196 valence electrons. The second-order valence-corrected chi connectivity index (χ2v) is 11.1. The molecule has 3 aromatic rings. The summed E-state index contributed by atoms with van der Waals surface area (Å²) in [7, 11) is -4.44. The fraction of sp³-hybridized carbons (Fsp3) is 0.286. The largest absolute Gasteiger partial charge is 0.480 e. The summed E-state index contributed by atoms with van der Waals surface area (Å²) in [5, 5.41) is 9.96. The van der Waals surface area contributed by atoms with E-state index in [2.05, 4.69) is 4.72 Å². The van der Waals surface area contributed by atoms with Gasteiger partial charge in [0.15, 0.2) is 0 Å². The molecule has 0 fully saturated rings. The zero-order chi connectivity index (χ0) is 26.7. The number of aryl methyl sites for hydroxylation is 1. The molecule has 9 heteroatoms. The number of aliphatic carboxylic acids is 1. The third-order valence-corrected chi connectivity index (χ3v) is 8.04. The summed E-state index contributed by atoms with van der Waals surface area (Å²) >= 11 is 1.39. The summed E-state index contributed by atoms with van der Waals surface area (Å²) in [6.45, 7) is 0.0914. The number of rotatable bonds is 14. The number of carbonyl (C=O) groups is 2. The van der Waals surface area contributed by atoms with E-state index in [-0.39, 0.29) is 18.5 Å². The van der Waals surface area contributed by atoms with Gasteiger partial charge in [-0.15, -0.1) is 0 Å². The van der Waals surface area contributed by atoms with Crippen LogP contribution < -0.4 is 4.72 Å². The topological polar surface area (TPSA) is 104 Å². The first kappa shape index (κ1) is 28.4. The Balaban J connectivity index is 1.86. The highest BCUT2D eigenvalue weighted by Crippen LogP contribution is 2.27. The Morgan fingerprint density at radius 1 is 0.919 bits per heavy atom. The summed E-state index contributed by atoms with van der Waals surface area (Å²) in [4.78, 5) is 26.0. The number of benzene rings is 3. The molecule has 0 spiro atoms. The Bertz CT molecular complexity index is 1270. The van der Waals surface area contributed by atoms with E-state index in [0.717, 1.165) is 24.0 Å². The van der Waals surface area contributed by atoms with Gasteiger partial charge >= 0.3 is 16.2 Å². The molecule has 2 N–H and O–H groups in total. The predicted octanol–water partition coefficient (Wildman–Crippen LogP) is 4.86. The number of carboxylic acids is 1. The van der Waals surface area contributed by atoms with E-state index >= 15 is 0 Å². The van der Waals surface area contributed by atoms with Crippen LogP contribution in [0.3, 0.4) is 0 Å². The van der Waals surface area contributed by atoms with Crippen molar-refractivity contribution in [2.75, 3.05) is 18.6 Å².